The average Bonchev–Trinajstić information content (AvgIpc) is 2.65. The van der Waals surface area contributed by atoms with Gasteiger partial charge in [0.1, 0.15) is 12.3 Å². The van der Waals surface area contributed by atoms with Gasteiger partial charge in [0, 0.05) is 4.47 Å². The molecule has 1 N–H and O–H groups in total. The molecule has 0 spiro atoms. The molecule has 0 atom stereocenters. The lowest BCUT2D eigenvalue weighted by Gasteiger charge is -2.29. The van der Waals surface area contributed by atoms with Gasteiger partial charge in [-0.25, -0.2) is 4.79 Å². The van der Waals surface area contributed by atoms with E-state index in [2.05, 4.69) is 26.0 Å². The smallest absolute Gasteiger partial charge is 0.337 e. The molecule has 140 valence electrons. The number of hydrogen-bond acceptors (Lipinski definition) is 5. The molecule has 0 saturated heterocycles. The summed E-state index contributed by atoms with van der Waals surface area (Å²) < 4.78 is 10.8. The van der Waals surface area contributed by atoms with E-state index in [0.29, 0.717) is 11.4 Å². The maximum atomic E-state index is 12.5. The Balaban J connectivity index is 1.79. The van der Waals surface area contributed by atoms with Crippen molar-refractivity contribution in [1.82, 2.24) is 0 Å². The molecular weight excluding hydrogens is 440 g/mol. The quantitative estimate of drug-likeness (QED) is 0.718. The maximum absolute atomic E-state index is 12.5. The minimum atomic E-state index is -0.551. The van der Waals surface area contributed by atoms with Gasteiger partial charge in [-0.3, -0.25) is 14.5 Å². The highest BCUT2D eigenvalue weighted by Gasteiger charge is 2.27. The lowest BCUT2D eigenvalue weighted by Crippen LogP contribution is -2.43. The predicted octanol–water partition coefficient (Wildman–Crippen LogP) is 3.25. The second-order valence-corrected chi connectivity index (χ2v) is 6.94. The van der Waals surface area contributed by atoms with Crippen LogP contribution in [0.25, 0.3) is 0 Å². The summed E-state index contributed by atoms with van der Waals surface area (Å²) in [6.07, 6.45) is 0. The van der Waals surface area contributed by atoms with E-state index >= 15 is 0 Å². The van der Waals surface area contributed by atoms with Crippen molar-refractivity contribution in [2.45, 2.75) is 0 Å². The number of ether oxygens (including phenoxy) is 2. The van der Waals surface area contributed by atoms with Crippen LogP contribution in [0, 0.1) is 0 Å². The van der Waals surface area contributed by atoms with Crippen LogP contribution in [-0.4, -0.2) is 38.0 Å². The van der Waals surface area contributed by atoms with Gasteiger partial charge in [0.25, 0.3) is 5.91 Å². The van der Waals surface area contributed by atoms with Crippen LogP contribution in [0.2, 0.25) is 5.02 Å². The first-order valence-electron chi connectivity index (χ1n) is 7.79. The minimum Gasteiger partial charge on any atom is -0.482 e. The van der Waals surface area contributed by atoms with E-state index in [1.54, 1.807) is 18.2 Å². The zero-order chi connectivity index (χ0) is 19.6. The van der Waals surface area contributed by atoms with Crippen molar-refractivity contribution in [3.8, 4) is 5.75 Å². The summed E-state index contributed by atoms with van der Waals surface area (Å²) in [7, 11) is 1.26. The topological polar surface area (TPSA) is 84.9 Å². The Morgan fingerprint density at radius 2 is 2.07 bits per heavy atom. The molecule has 7 nitrogen and oxygen atoms in total. The van der Waals surface area contributed by atoms with E-state index in [9.17, 15) is 14.4 Å². The third kappa shape index (κ3) is 4.23. The highest BCUT2D eigenvalue weighted by Crippen LogP contribution is 2.34. The maximum Gasteiger partial charge on any atom is 0.337 e. The molecule has 0 unspecified atom stereocenters. The predicted molar refractivity (Wildman–Crippen MR) is 103 cm³/mol. The summed E-state index contributed by atoms with van der Waals surface area (Å²) in [6.45, 7) is -0.384. The molecule has 2 amide bonds. The van der Waals surface area contributed by atoms with E-state index in [1.807, 2.05) is 0 Å². The van der Waals surface area contributed by atoms with Crippen LogP contribution in [0.4, 0.5) is 11.4 Å². The van der Waals surface area contributed by atoms with Gasteiger partial charge in [-0.05, 0) is 36.4 Å². The number of fused-ring (bicyclic) bond motifs is 1. The van der Waals surface area contributed by atoms with Crippen molar-refractivity contribution in [3.05, 3.63) is 51.5 Å². The van der Waals surface area contributed by atoms with Crippen molar-refractivity contribution >= 4 is 56.7 Å². The average molecular weight is 454 g/mol. The van der Waals surface area contributed by atoms with E-state index in [0.717, 1.165) is 4.47 Å². The fourth-order valence-electron chi connectivity index (χ4n) is 2.55. The standard InChI is InChI=1S/C18H14BrClN2O5/c1-26-18(25)10-2-4-12(20)13(6-10)21-16(23)8-22-14-5-3-11(19)7-15(14)27-9-17(22)24/h2-7H,8-9H2,1H3,(H,21,23). The van der Waals surface area contributed by atoms with Crippen LogP contribution >= 0.6 is 27.5 Å². The summed E-state index contributed by atoms with van der Waals surface area (Å²) in [5.74, 6) is -0.857. The summed E-state index contributed by atoms with van der Waals surface area (Å²) in [5.41, 5.74) is 0.996. The summed E-state index contributed by atoms with van der Waals surface area (Å²) in [5, 5.41) is 2.87. The van der Waals surface area contributed by atoms with Crippen molar-refractivity contribution in [2.75, 3.05) is 30.5 Å². The van der Waals surface area contributed by atoms with Crippen LogP contribution < -0.4 is 15.0 Å². The zero-order valence-electron chi connectivity index (χ0n) is 14.1. The molecule has 3 rings (SSSR count). The monoisotopic (exact) mass is 452 g/mol. The van der Waals surface area contributed by atoms with Gasteiger partial charge in [0.2, 0.25) is 5.91 Å². The Morgan fingerprint density at radius 3 is 2.81 bits per heavy atom. The number of anilines is 2. The Morgan fingerprint density at radius 1 is 1.30 bits per heavy atom. The largest absolute Gasteiger partial charge is 0.482 e. The van der Waals surface area contributed by atoms with Crippen LogP contribution in [0.3, 0.4) is 0 Å². The van der Waals surface area contributed by atoms with Crippen molar-refractivity contribution in [2.24, 2.45) is 0 Å². The molecule has 0 aromatic heterocycles. The molecular formula is C18H14BrClN2O5. The molecule has 9 heteroatoms. The fraction of sp³-hybridized carbons (Fsp3) is 0.167. The highest BCUT2D eigenvalue weighted by atomic mass is 79.9. The molecule has 0 radical (unpaired) electrons. The van der Waals surface area contributed by atoms with E-state index in [4.69, 9.17) is 16.3 Å². The number of nitrogens with zero attached hydrogens (tertiary/aromatic N) is 1. The van der Waals surface area contributed by atoms with E-state index in [1.165, 1.54) is 30.2 Å². The molecule has 27 heavy (non-hydrogen) atoms. The molecule has 1 aliphatic heterocycles. The summed E-state index contributed by atoms with van der Waals surface area (Å²) >= 11 is 9.42. The number of methoxy groups -OCH3 is 1. The number of rotatable bonds is 4. The van der Waals surface area contributed by atoms with Crippen molar-refractivity contribution < 1.29 is 23.9 Å². The minimum absolute atomic E-state index is 0.157. The number of halogens is 2. The van der Waals surface area contributed by atoms with Crippen molar-refractivity contribution in [3.63, 3.8) is 0 Å². The first kappa shape index (κ1) is 19.2. The first-order chi connectivity index (χ1) is 12.9. The first-order valence-corrected chi connectivity index (χ1v) is 8.96. The molecule has 0 aliphatic carbocycles. The van der Waals surface area contributed by atoms with Crippen LogP contribution in [-0.2, 0) is 14.3 Å². The Bertz CT molecular complexity index is 934. The van der Waals surface area contributed by atoms with E-state index < -0.39 is 11.9 Å². The number of amides is 2. The second kappa shape index (κ2) is 7.98. The molecule has 1 aliphatic rings. The van der Waals surface area contributed by atoms with E-state index in [-0.39, 0.29) is 35.3 Å². The van der Waals surface area contributed by atoms with Crippen LogP contribution in [0.15, 0.2) is 40.9 Å². The third-order valence-electron chi connectivity index (χ3n) is 3.83. The lowest BCUT2D eigenvalue weighted by molar-refractivity contribution is -0.123. The number of carbonyl (C=O) groups is 3. The molecule has 0 bridgehead atoms. The van der Waals surface area contributed by atoms with Gasteiger partial charge >= 0.3 is 5.97 Å². The van der Waals surface area contributed by atoms with Crippen LogP contribution in [0.1, 0.15) is 10.4 Å². The van der Waals surface area contributed by atoms with Gasteiger partial charge in [0.05, 0.1) is 29.1 Å². The zero-order valence-corrected chi connectivity index (χ0v) is 16.5. The Kier molecular flexibility index (Phi) is 5.67. The normalized spacial score (nSPS) is 12.9. The molecule has 0 fully saturated rings. The number of esters is 1. The van der Waals surface area contributed by atoms with Crippen LogP contribution in [0.5, 0.6) is 5.75 Å². The summed E-state index contributed by atoms with van der Waals surface area (Å²) in [6, 6.07) is 9.55. The number of carbonyl (C=O) groups excluding carboxylic acids is 3. The molecule has 2 aromatic rings. The van der Waals surface area contributed by atoms with Gasteiger partial charge in [-0.2, -0.15) is 0 Å². The molecule has 2 aromatic carbocycles. The number of hydrogen-bond donors (Lipinski definition) is 1. The van der Waals surface area contributed by atoms with Crippen molar-refractivity contribution in [1.29, 1.82) is 0 Å². The Hall–Kier alpha value is -2.58. The third-order valence-corrected chi connectivity index (χ3v) is 4.65. The lowest BCUT2D eigenvalue weighted by atomic mass is 10.2. The SMILES string of the molecule is COC(=O)c1ccc(Cl)c(NC(=O)CN2C(=O)COc3cc(Br)ccc32)c1. The molecule has 1 heterocycles. The number of nitrogens with one attached hydrogen (secondary N) is 1. The Labute approximate surface area is 168 Å². The summed E-state index contributed by atoms with van der Waals surface area (Å²) in [4.78, 5) is 37.6. The van der Waals surface area contributed by atoms with Gasteiger partial charge < -0.3 is 14.8 Å². The second-order valence-electron chi connectivity index (χ2n) is 5.61. The molecule has 0 saturated carbocycles. The highest BCUT2D eigenvalue weighted by molar-refractivity contribution is 9.10. The van der Waals surface area contributed by atoms with Gasteiger partial charge in [-0.15, -0.1) is 0 Å². The number of benzene rings is 2. The van der Waals surface area contributed by atoms with Gasteiger partial charge in [-0.1, -0.05) is 27.5 Å². The van der Waals surface area contributed by atoms with Gasteiger partial charge in [0.15, 0.2) is 6.61 Å². The fourth-order valence-corrected chi connectivity index (χ4v) is 3.06.